The first-order valence-corrected chi connectivity index (χ1v) is 15.0. The predicted molar refractivity (Wildman–Crippen MR) is 145 cm³/mol. The van der Waals surface area contributed by atoms with Gasteiger partial charge in [0.2, 0.25) is 5.79 Å². The lowest BCUT2D eigenvalue weighted by Gasteiger charge is -2.58. The molecule has 7 heteroatoms. The fourth-order valence-corrected chi connectivity index (χ4v) is 8.38. The van der Waals surface area contributed by atoms with Gasteiger partial charge in [0.1, 0.15) is 5.75 Å². The van der Waals surface area contributed by atoms with Crippen LogP contribution in [-0.2, 0) is 19.3 Å². The number of nitrogens with one attached hydrogen (secondary N) is 1. The highest BCUT2D eigenvalue weighted by molar-refractivity contribution is 5.85. The van der Waals surface area contributed by atoms with E-state index in [9.17, 15) is 4.79 Å². The zero-order valence-corrected chi connectivity index (χ0v) is 23.5. The molecule has 0 aromatic heterocycles. The highest BCUT2D eigenvalue weighted by atomic mass is 17.2. The second-order valence-electron chi connectivity index (χ2n) is 13.1. The van der Waals surface area contributed by atoms with Crippen molar-refractivity contribution in [2.75, 3.05) is 33.3 Å². The summed E-state index contributed by atoms with van der Waals surface area (Å²) in [7, 11) is 1.82. The van der Waals surface area contributed by atoms with E-state index < -0.39 is 11.4 Å². The van der Waals surface area contributed by atoms with E-state index in [1.165, 1.54) is 37.7 Å². The zero-order valence-electron chi connectivity index (χ0n) is 23.5. The Bertz CT molecular complexity index is 937. The lowest BCUT2D eigenvalue weighted by atomic mass is 9.53. The van der Waals surface area contributed by atoms with Crippen LogP contribution in [0.4, 0.5) is 0 Å². The maximum Gasteiger partial charge on any atom is 0.266 e. The van der Waals surface area contributed by atoms with E-state index in [4.69, 9.17) is 19.2 Å². The molecule has 5 saturated carbocycles. The van der Waals surface area contributed by atoms with E-state index >= 15 is 0 Å². The number of methoxy groups -OCH3 is 1. The average molecular weight is 527 g/mol. The lowest BCUT2D eigenvalue weighted by Crippen LogP contribution is -2.60. The van der Waals surface area contributed by atoms with Crippen molar-refractivity contribution in [3.05, 3.63) is 29.8 Å². The van der Waals surface area contributed by atoms with E-state index in [0.29, 0.717) is 17.8 Å². The molecule has 1 amide bonds. The Kier molecular flexibility index (Phi) is 7.49. The Labute approximate surface area is 227 Å². The molecule has 0 unspecified atom stereocenters. The first-order valence-electron chi connectivity index (χ1n) is 15.0. The van der Waals surface area contributed by atoms with Crippen molar-refractivity contribution in [1.29, 1.82) is 0 Å². The van der Waals surface area contributed by atoms with Crippen LogP contribution in [0.25, 0.3) is 0 Å². The normalized spacial score (nSPS) is 36.9. The maximum absolute atomic E-state index is 13.0. The van der Waals surface area contributed by atoms with E-state index in [1.54, 1.807) is 0 Å². The molecular formula is C31H46N2O5. The monoisotopic (exact) mass is 526 g/mol. The predicted octanol–water partition coefficient (Wildman–Crippen LogP) is 5.05. The molecule has 5 aliphatic carbocycles. The molecule has 0 radical (unpaired) electrons. The summed E-state index contributed by atoms with van der Waals surface area (Å²) in [5.41, 5.74) is 0.447. The molecule has 7 rings (SSSR count). The van der Waals surface area contributed by atoms with Gasteiger partial charge in [-0.2, -0.15) is 0 Å². The van der Waals surface area contributed by atoms with Crippen molar-refractivity contribution >= 4 is 5.91 Å². The van der Waals surface area contributed by atoms with Crippen LogP contribution >= 0.6 is 0 Å². The molecule has 1 aromatic carbocycles. The zero-order chi connectivity index (χ0) is 26.3. The first-order chi connectivity index (χ1) is 18.4. The molecule has 0 atom stereocenters. The number of carbonyl (C=O) groups excluding carboxylic acids is 1. The van der Waals surface area contributed by atoms with Crippen molar-refractivity contribution in [3.8, 4) is 5.75 Å². The number of carbonyl (C=O) groups is 1. The van der Waals surface area contributed by atoms with Crippen molar-refractivity contribution < 1.29 is 24.0 Å². The second kappa shape index (κ2) is 10.7. The van der Waals surface area contributed by atoms with Gasteiger partial charge < -0.3 is 19.7 Å². The Hall–Kier alpha value is -1.67. The van der Waals surface area contributed by atoms with Gasteiger partial charge in [-0.15, -0.1) is 0 Å². The minimum atomic E-state index is -0.884. The van der Waals surface area contributed by atoms with Crippen molar-refractivity contribution in [1.82, 2.24) is 10.2 Å². The fourth-order valence-electron chi connectivity index (χ4n) is 8.38. The Morgan fingerprint density at radius 2 is 1.53 bits per heavy atom. The van der Waals surface area contributed by atoms with Crippen LogP contribution in [0.2, 0.25) is 0 Å². The quantitative estimate of drug-likeness (QED) is 0.291. The third-order valence-electron chi connectivity index (χ3n) is 10.2. The molecule has 1 N–H and O–H groups in total. The summed E-state index contributed by atoms with van der Waals surface area (Å²) in [4.78, 5) is 27.3. The summed E-state index contributed by atoms with van der Waals surface area (Å²) >= 11 is 0. The molecule has 1 aliphatic heterocycles. The highest BCUT2D eigenvalue weighted by Crippen LogP contribution is 2.60. The van der Waals surface area contributed by atoms with Gasteiger partial charge in [0.25, 0.3) is 5.91 Å². The highest BCUT2D eigenvalue weighted by Gasteiger charge is 2.60. The molecule has 0 spiro atoms. The van der Waals surface area contributed by atoms with Gasteiger partial charge in [0, 0.05) is 45.1 Å². The molecular weight excluding hydrogens is 480 g/mol. The van der Waals surface area contributed by atoms with Crippen molar-refractivity contribution in [3.63, 3.8) is 0 Å². The molecule has 1 heterocycles. The fraction of sp³-hybridized carbons (Fsp3) is 0.774. The van der Waals surface area contributed by atoms with E-state index in [-0.39, 0.29) is 12.0 Å². The summed E-state index contributed by atoms with van der Waals surface area (Å²) in [5, 5.41) is 3.29. The minimum absolute atomic E-state index is 0.0486. The van der Waals surface area contributed by atoms with Crippen LogP contribution in [0.5, 0.6) is 5.75 Å². The number of ether oxygens (including phenoxy) is 2. The lowest BCUT2D eigenvalue weighted by molar-refractivity contribution is -0.485. The Balaban J connectivity index is 0.992. The van der Waals surface area contributed by atoms with E-state index in [2.05, 4.69) is 17.4 Å². The number of amides is 1. The Morgan fingerprint density at radius 1 is 0.921 bits per heavy atom. The number of hydrogen-bond acceptors (Lipinski definition) is 6. The largest absolute Gasteiger partial charge is 0.478 e. The van der Waals surface area contributed by atoms with Gasteiger partial charge >= 0.3 is 0 Å². The van der Waals surface area contributed by atoms with Crippen LogP contribution in [0, 0.1) is 23.7 Å². The van der Waals surface area contributed by atoms with Gasteiger partial charge in [-0.3, -0.25) is 4.79 Å². The minimum Gasteiger partial charge on any atom is -0.478 e. The maximum atomic E-state index is 13.0. The number of benzene rings is 1. The average Bonchev–Trinajstić information content (AvgIpc) is 2.93. The molecule has 1 aromatic rings. The van der Waals surface area contributed by atoms with Crippen LogP contribution < -0.4 is 10.1 Å². The summed E-state index contributed by atoms with van der Waals surface area (Å²) in [6, 6.07) is 8.36. The first kappa shape index (κ1) is 26.5. The standard InChI is InChI=1S/C31H46N2O5/c1-30(2,29(34)33-14-12-32-13-15-33)36-27-8-4-23(5-9-27)24-6-10-28(11-7-24)37-38-31(35-3)25-17-21-16-22(19-25)20-26(31)18-21/h4-5,8-9,21-22,24-26,28,32H,6-7,10-20H2,1-3H3. The number of rotatable bonds is 8. The molecule has 7 nitrogen and oxygen atoms in total. The third-order valence-corrected chi connectivity index (χ3v) is 10.2. The van der Waals surface area contributed by atoms with Crippen LogP contribution in [0.1, 0.15) is 83.1 Å². The van der Waals surface area contributed by atoms with Gasteiger partial charge in [-0.05, 0) is 107 Å². The molecule has 4 bridgehead atoms. The molecule has 38 heavy (non-hydrogen) atoms. The van der Waals surface area contributed by atoms with E-state index in [0.717, 1.165) is 69.4 Å². The van der Waals surface area contributed by atoms with Crippen LogP contribution in [-0.4, -0.2) is 61.6 Å². The SMILES string of the molecule is COC1(OOC2CCC(c3ccc(OC(C)(C)C(=O)N4CCNCC4)cc3)CC2)C2CC3CC(C2)CC1C3. The van der Waals surface area contributed by atoms with Crippen molar-refractivity contribution in [2.24, 2.45) is 23.7 Å². The summed E-state index contributed by atoms with van der Waals surface area (Å²) in [6.07, 6.45) is 10.6. The number of piperazine rings is 1. The van der Waals surface area contributed by atoms with Gasteiger partial charge in [-0.25, -0.2) is 9.78 Å². The number of nitrogens with zero attached hydrogens (tertiary/aromatic N) is 1. The van der Waals surface area contributed by atoms with Crippen molar-refractivity contribution in [2.45, 2.75) is 95.0 Å². The third kappa shape index (κ3) is 5.12. The molecule has 1 saturated heterocycles. The molecule has 210 valence electrons. The number of hydrogen-bond donors (Lipinski definition) is 1. The smallest absolute Gasteiger partial charge is 0.266 e. The van der Waals surface area contributed by atoms with Crippen LogP contribution in [0.15, 0.2) is 24.3 Å². The summed E-state index contributed by atoms with van der Waals surface area (Å²) in [5.74, 6) is 3.49. The van der Waals surface area contributed by atoms with Gasteiger partial charge in [0.15, 0.2) is 5.60 Å². The second-order valence-corrected chi connectivity index (χ2v) is 13.1. The van der Waals surface area contributed by atoms with Crippen LogP contribution in [0.3, 0.4) is 0 Å². The molecule has 6 aliphatic rings. The topological polar surface area (TPSA) is 69.3 Å². The van der Waals surface area contributed by atoms with E-state index in [1.807, 2.05) is 38.0 Å². The van der Waals surface area contributed by atoms with Gasteiger partial charge in [0.05, 0.1) is 6.10 Å². The summed E-state index contributed by atoms with van der Waals surface area (Å²) in [6.45, 7) is 6.88. The molecule has 6 fully saturated rings. The Morgan fingerprint density at radius 3 is 2.11 bits per heavy atom. The summed E-state index contributed by atoms with van der Waals surface area (Å²) < 4.78 is 12.3. The van der Waals surface area contributed by atoms with Gasteiger partial charge in [-0.1, -0.05) is 12.1 Å².